The molecule has 0 atom stereocenters. The standard InChI is InChI=1S/C13H8Cl4O2/c1-2-6-3-4-9(19-6)13(18)10-7(14)5-8(15)11(16)12(10)17/h3-5H,2H2,1H3. The number of furan rings is 1. The summed E-state index contributed by atoms with van der Waals surface area (Å²) in [6.07, 6.45) is 0.691. The molecule has 2 nitrogen and oxygen atoms in total. The summed E-state index contributed by atoms with van der Waals surface area (Å²) in [5.41, 5.74) is 0.0923. The van der Waals surface area contributed by atoms with Gasteiger partial charge in [0.05, 0.1) is 25.7 Å². The van der Waals surface area contributed by atoms with Crippen LogP contribution in [-0.4, -0.2) is 5.78 Å². The van der Waals surface area contributed by atoms with Gasteiger partial charge in [-0.3, -0.25) is 4.79 Å². The minimum atomic E-state index is -0.423. The van der Waals surface area contributed by atoms with Crippen LogP contribution in [-0.2, 0) is 6.42 Å². The molecule has 2 aromatic rings. The van der Waals surface area contributed by atoms with Crippen LogP contribution in [0.25, 0.3) is 0 Å². The highest BCUT2D eigenvalue weighted by Gasteiger charge is 2.23. The van der Waals surface area contributed by atoms with Gasteiger partial charge in [-0.1, -0.05) is 53.3 Å². The second-order valence-corrected chi connectivity index (χ2v) is 5.36. The van der Waals surface area contributed by atoms with E-state index < -0.39 is 5.78 Å². The van der Waals surface area contributed by atoms with Gasteiger partial charge >= 0.3 is 0 Å². The van der Waals surface area contributed by atoms with E-state index in [1.807, 2.05) is 6.92 Å². The third-order valence-corrected chi connectivity index (χ3v) is 4.14. The van der Waals surface area contributed by atoms with E-state index in [-0.39, 0.29) is 31.4 Å². The smallest absolute Gasteiger partial charge is 0.231 e. The van der Waals surface area contributed by atoms with Gasteiger partial charge in [0.2, 0.25) is 5.78 Å². The Kier molecular flexibility index (Phi) is 4.46. The molecule has 0 fully saturated rings. The van der Waals surface area contributed by atoms with Crippen LogP contribution in [0, 0.1) is 0 Å². The zero-order chi connectivity index (χ0) is 14.2. The maximum absolute atomic E-state index is 12.3. The average molecular weight is 338 g/mol. The fourth-order valence-corrected chi connectivity index (χ4v) is 2.67. The van der Waals surface area contributed by atoms with Gasteiger partial charge in [-0.05, 0) is 18.2 Å². The van der Waals surface area contributed by atoms with Crippen LogP contribution in [0.2, 0.25) is 20.1 Å². The first-order valence-corrected chi connectivity index (χ1v) is 6.93. The molecule has 0 radical (unpaired) electrons. The van der Waals surface area contributed by atoms with Gasteiger partial charge in [0.25, 0.3) is 0 Å². The van der Waals surface area contributed by atoms with Crippen molar-refractivity contribution in [3.8, 4) is 0 Å². The second-order valence-electron chi connectivity index (χ2n) is 3.79. The molecule has 19 heavy (non-hydrogen) atoms. The van der Waals surface area contributed by atoms with Gasteiger partial charge in [-0.2, -0.15) is 0 Å². The van der Waals surface area contributed by atoms with Crippen molar-refractivity contribution in [3.05, 3.63) is 55.4 Å². The number of carbonyl (C=O) groups is 1. The van der Waals surface area contributed by atoms with Crippen molar-refractivity contribution in [3.63, 3.8) is 0 Å². The van der Waals surface area contributed by atoms with E-state index in [0.29, 0.717) is 12.2 Å². The zero-order valence-corrected chi connectivity index (χ0v) is 12.8. The van der Waals surface area contributed by atoms with Gasteiger partial charge in [0, 0.05) is 6.42 Å². The van der Waals surface area contributed by atoms with Crippen molar-refractivity contribution in [2.45, 2.75) is 13.3 Å². The van der Waals surface area contributed by atoms with Crippen LogP contribution >= 0.6 is 46.4 Å². The topological polar surface area (TPSA) is 30.2 Å². The van der Waals surface area contributed by atoms with Gasteiger partial charge in [0.15, 0.2) is 5.76 Å². The molecule has 6 heteroatoms. The van der Waals surface area contributed by atoms with E-state index in [0.717, 1.165) is 0 Å². The molecule has 1 aromatic heterocycles. The van der Waals surface area contributed by atoms with Crippen LogP contribution < -0.4 is 0 Å². The van der Waals surface area contributed by atoms with Crippen LogP contribution in [0.5, 0.6) is 0 Å². The van der Waals surface area contributed by atoms with Crippen molar-refractivity contribution in [1.82, 2.24) is 0 Å². The maximum atomic E-state index is 12.3. The third kappa shape index (κ3) is 2.77. The Morgan fingerprint density at radius 3 is 2.37 bits per heavy atom. The Morgan fingerprint density at radius 1 is 1.11 bits per heavy atom. The number of benzene rings is 1. The third-order valence-electron chi connectivity index (χ3n) is 2.58. The molecule has 0 amide bonds. The molecule has 0 aliphatic heterocycles. The number of halogens is 4. The van der Waals surface area contributed by atoms with Gasteiger partial charge < -0.3 is 4.42 Å². The minimum Gasteiger partial charge on any atom is -0.458 e. The summed E-state index contributed by atoms with van der Waals surface area (Å²) in [6, 6.07) is 4.69. The highest BCUT2D eigenvalue weighted by Crippen LogP contribution is 2.38. The molecule has 0 aliphatic rings. The fourth-order valence-electron chi connectivity index (χ4n) is 1.59. The van der Waals surface area contributed by atoms with Crippen molar-refractivity contribution in [2.75, 3.05) is 0 Å². The SMILES string of the molecule is CCc1ccc(C(=O)c2c(Cl)cc(Cl)c(Cl)c2Cl)o1. The number of hydrogen-bond acceptors (Lipinski definition) is 2. The first kappa shape index (κ1) is 14.7. The Labute approximate surface area is 130 Å². The molecular formula is C13H8Cl4O2. The summed E-state index contributed by atoms with van der Waals surface area (Å²) in [6.45, 7) is 1.92. The van der Waals surface area contributed by atoms with Crippen molar-refractivity contribution >= 4 is 52.2 Å². The van der Waals surface area contributed by atoms with Crippen molar-refractivity contribution in [1.29, 1.82) is 0 Å². The zero-order valence-electron chi connectivity index (χ0n) is 9.77. The lowest BCUT2D eigenvalue weighted by Gasteiger charge is -2.07. The highest BCUT2D eigenvalue weighted by molar-refractivity contribution is 6.51. The van der Waals surface area contributed by atoms with E-state index in [2.05, 4.69) is 0 Å². The maximum Gasteiger partial charge on any atom is 0.231 e. The van der Waals surface area contributed by atoms with Crippen LogP contribution in [0.4, 0.5) is 0 Å². The van der Waals surface area contributed by atoms with Gasteiger partial charge in [-0.25, -0.2) is 0 Å². The quantitative estimate of drug-likeness (QED) is 0.409. The van der Waals surface area contributed by atoms with E-state index in [4.69, 9.17) is 50.8 Å². The normalized spacial score (nSPS) is 10.8. The van der Waals surface area contributed by atoms with E-state index in [1.54, 1.807) is 12.1 Å². The molecule has 0 N–H and O–H groups in total. The van der Waals surface area contributed by atoms with E-state index in [1.165, 1.54) is 6.07 Å². The molecule has 100 valence electrons. The number of ketones is 1. The first-order valence-electron chi connectivity index (χ1n) is 5.42. The first-order chi connectivity index (χ1) is 8.95. The number of hydrogen-bond donors (Lipinski definition) is 0. The summed E-state index contributed by atoms with van der Waals surface area (Å²) in [7, 11) is 0. The minimum absolute atomic E-state index is 0.0265. The molecule has 0 saturated heterocycles. The van der Waals surface area contributed by atoms with Crippen LogP contribution in [0.15, 0.2) is 22.6 Å². The van der Waals surface area contributed by atoms with E-state index in [9.17, 15) is 4.79 Å². The molecule has 0 aliphatic carbocycles. The summed E-state index contributed by atoms with van der Waals surface area (Å²) >= 11 is 23.8. The van der Waals surface area contributed by atoms with Gasteiger partial charge in [-0.15, -0.1) is 0 Å². The molecule has 1 aromatic carbocycles. The number of rotatable bonds is 3. The number of carbonyl (C=O) groups excluding carboxylic acids is 1. The molecule has 0 unspecified atom stereocenters. The van der Waals surface area contributed by atoms with Crippen molar-refractivity contribution in [2.24, 2.45) is 0 Å². The monoisotopic (exact) mass is 336 g/mol. The molecular weight excluding hydrogens is 330 g/mol. The summed E-state index contributed by atoms with van der Waals surface area (Å²) in [5, 5.41) is 0.456. The lowest BCUT2D eigenvalue weighted by Crippen LogP contribution is -2.02. The van der Waals surface area contributed by atoms with Gasteiger partial charge in [0.1, 0.15) is 5.76 Å². The van der Waals surface area contributed by atoms with Crippen molar-refractivity contribution < 1.29 is 9.21 Å². The molecule has 0 bridgehead atoms. The molecule has 2 rings (SSSR count). The molecule has 0 spiro atoms. The largest absolute Gasteiger partial charge is 0.458 e. The van der Waals surface area contributed by atoms with Crippen LogP contribution in [0.3, 0.4) is 0 Å². The second kappa shape index (κ2) is 5.76. The summed E-state index contributed by atoms with van der Waals surface area (Å²) in [4.78, 5) is 12.3. The average Bonchev–Trinajstić information content (AvgIpc) is 2.84. The van der Waals surface area contributed by atoms with Crippen LogP contribution in [0.1, 0.15) is 28.8 Å². The highest BCUT2D eigenvalue weighted by atomic mass is 35.5. The predicted molar refractivity (Wildman–Crippen MR) is 78.0 cm³/mol. The Bertz CT molecular complexity index is 646. The summed E-state index contributed by atoms with van der Waals surface area (Å²) < 4.78 is 5.39. The summed E-state index contributed by atoms with van der Waals surface area (Å²) in [5.74, 6) is 0.447. The Balaban J connectivity index is 2.53. The Hall–Kier alpha value is -0.670. The number of aryl methyl sites for hydroxylation is 1. The lowest BCUT2D eigenvalue weighted by atomic mass is 10.1. The fraction of sp³-hybridized carbons (Fsp3) is 0.154. The molecule has 0 saturated carbocycles. The Morgan fingerprint density at radius 2 is 1.79 bits per heavy atom. The van der Waals surface area contributed by atoms with E-state index >= 15 is 0 Å². The lowest BCUT2D eigenvalue weighted by molar-refractivity contribution is 0.101. The predicted octanol–water partition coefficient (Wildman–Crippen LogP) is 5.69. The molecule has 1 heterocycles.